The minimum Gasteiger partial charge on any atom is -0.490 e. The first-order valence-corrected chi connectivity index (χ1v) is 12.1. The number of carbonyl (C=O) groups is 1. The van der Waals surface area contributed by atoms with E-state index in [0.717, 1.165) is 29.8 Å². The molecule has 0 unspecified atom stereocenters. The molecule has 0 bridgehead atoms. The van der Waals surface area contributed by atoms with Gasteiger partial charge in [0.1, 0.15) is 11.1 Å². The van der Waals surface area contributed by atoms with Gasteiger partial charge in [-0.05, 0) is 60.8 Å². The first kappa shape index (κ1) is 25.1. The molecule has 6 nitrogen and oxygen atoms in total. The van der Waals surface area contributed by atoms with E-state index in [1.807, 2.05) is 6.92 Å². The van der Waals surface area contributed by atoms with Crippen LogP contribution in [-0.2, 0) is 22.4 Å². The van der Waals surface area contributed by atoms with Crippen LogP contribution >= 0.6 is 22.9 Å². The van der Waals surface area contributed by atoms with Gasteiger partial charge in [0.15, 0.2) is 18.1 Å². The first-order valence-electron chi connectivity index (χ1n) is 10.9. The monoisotopic (exact) mass is 488 g/mol. The van der Waals surface area contributed by atoms with Crippen LogP contribution in [0, 0.1) is 22.7 Å². The number of carbonyl (C=O) groups excluding carboxylic acids is 1. The number of esters is 1. The number of methoxy groups -OCH3 is 1. The molecule has 1 aromatic carbocycles. The Hall–Kier alpha value is -2.56. The van der Waals surface area contributed by atoms with Crippen LogP contribution in [0.3, 0.4) is 0 Å². The summed E-state index contributed by atoms with van der Waals surface area (Å²) in [7, 11) is 1.29. The van der Waals surface area contributed by atoms with Crippen LogP contribution in [0.5, 0.6) is 11.5 Å². The number of halogens is 1. The second kappa shape index (κ2) is 10.6. The lowest BCUT2D eigenvalue weighted by Crippen LogP contribution is -2.26. The summed E-state index contributed by atoms with van der Waals surface area (Å²) in [4.78, 5) is 17.3. The van der Waals surface area contributed by atoms with E-state index >= 15 is 0 Å². The molecule has 33 heavy (non-hydrogen) atoms. The number of thiophene rings is 1. The Labute approximate surface area is 204 Å². The lowest BCUT2D eigenvalue weighted by Gasteiger charge is -2.33. The minimum atomic E-state index is -0.515. The average Bonchev–Trinajstić information content (AvgIpc) is 3.13. The predicted molar refractivity (Wildman–Crippen MR) is 131 cm³/mol. The Morgan fingerprint density at radius 2 is 2.12 bits per heavy atom. The number of fused-ring (bicyclic) bond motifs is 1. The van der Waals surface area contributed by atoms with E-state index in [-0.39, 0.29) is 17.8 Å². The molecule has 2 aromatic rings. The largest absolute Gasteiger partial charge is 0.490 e. The van der Waals surface area contributed by atoms with Crippen molar-refractivity contribution in [1.29, 1.82) is 5.26 Å². The maximum Gasteiger partial charge on any atom is 0.343 e. The molecule has 0 spiro atoms. The van der Waals surface area contributed by atoms with Gasteiger partial charge in [-0.1, -0.05) is 32.4 Å². The molecular formula is C25H29ClN2O4S. The number of nitriles is 1. The molecule has 0 aliphatic heterocycles. The first-order chi connectivity index (χ1) is 15.7. The predicted octanol–water partition coefficient (Wildman–Crippen LogP) is 6.13. The van der Waals surface area contributed by atoms with E-state index in [9.17, 15) is 10.1 Å². The number of aliphatic imine (C=N–C) groups is 1. The molecule has 1 aliphatic rings. The van der Waals surface area contributed by atoms with Crippen LogP contribution in [0.1, 0.15) is 55.7 Å². The molecule has 1 heterocycles. The van der Waals surface area contributed by atoms with Gasteiger partial charge in [-0.25, -0.2) is 9.79 Å². The summed E-state index contributed by atoms with van der Waals surface area (Å²) < 4.78 is 15.8. The summed E-state index contributed by atoms with van der Waals surface area (Å²) in [5, 5.41) is 10.8. The third-order valence-electron chi connectivity index (χ3n) is 5.81. The highest BCUT2D eigenvalue weighted by Gasteiger charge is 2.32. The summed E-state index contributed by atoms with van der Waals surface area (Å²) in [5.41, 5.74) is 2.77. The molecule has 0 N–H and O–H groups in total. The van der Waals surface area contributed by atoms with E-state index in [1.165, 1.54) is 12.0 Å². The Bertz CT molecular complexity index is 1100. The van der Waals surface area contributed by atoms with E-state index in [4.69, 9.17) is 21.1 Å². The van der Waals surface area contributed by atoms with Gasteiger partial charge < -0.3 is 14.2 Å². The average molecular weight is 489 g/mol. The van der Waals surface area contributed by atoms with Crippen LogP contribution in [0.25, 0.3) is 0 Å². The minimum absolute atomic E-state index is 0.238. The highest BCUT2D eigenvalue weighted by Crippen LogP contribution is 2.45. The number of rotatable bonds is 7. The third kappa shape index (κ3) is 5.87. The van der Waals surface area contributed by atoms with Gasteiger partial charge >= 0.3 is 5.97 Å². The van der Waals surface area contributed by atoms with Gasteiger partial charge in [-0.15, -0.1) is 11.3 Å². The van der Waals surface area contributed by atoms with E-state index < -0.39 is 5.97 Å². The lowest BCUT2D eigenvalue weighted by atomic mass is 9.72. The molecular weight excluding hydrogens is 460 g/mol. The third-order valence-corrected chi connectivity index (χ3v) is 7.25. The number of hydrogen-bond acceptors (Lipinski definition) is 7. The maximum atomic E-state index is 11.4. The molecule has 3 rings (SSSR count). The van der Waals surface area contributed by atoms with Crippen LogP contribution in [-0.4, -0.2) is 32.5 Å². The van der Waals surface area contributed by atoms with E-state index in [0.29, 0.717) is 34.4 Å². The summed E-state index contributed by atoms with van der Waals surface area (Å²) >= 11 is 8.01. The number of benzene rings is 1. The summed E-state index contributed by atoms with van der Waals surface area (Å²) in [6.07, 6.45) is 4.67. The quantitative estimate of drug-likeness (QED) is 0.346. The van der Waals surface area contributed by atoms with E-state index in [2.05, 4.69) is 36.6 Å². The van der Waals surface area contributed by atoms with Gasteiger partial charge in [0.05, 0.1) is 24.3 Å². The molecule has 8 heteroatoms. The molecule has 0 amide bonds. The molecule has 0 saturated carbocycles. The molecule has 0 saturated heterocycles. The van der Waals surface area contributed by atoms with Crippen molar-refractivity contribution in [3.05, 3.63) is 38.7 Å². The molecule has 1 aromatic heterocycles. The molecule has 176 valence electrons. The van der Waals surface area contributed by atoms with Crippen molar-refractivity contribution >= 4 is 40.1 Å². The van der Waals surface area contributed by atoms with Crippen molar-refractivity contribution in [2.24, 2.45) is 16.3 Å². The standard InChI is InChI=1S/C25H29ClN2O4S/c1-6-31-20-10-15(9-19(26)23(20)32-14-22(29)30-5)13-28-24-18(12-27)17-8-7-16(25(2,3)4)11-21(17)33-24/h9-10,13,16H,6-8,11,14H2,1-5H3/t16-/m0/s1. The SMILES string of the molecule is CCOc1cc(C=Nc2sc3c(c2C#N)CC[C@H](C(C)(C)C)C3)cc(Cl)c1OCC(=O)OC. The van der Waals surface area contributed by atoms with Crippen LogP contribution in [0.15, 0.2) is 17.1 Å². The Kier molecular flexibility index (Phi) is 8.04. The molecule has 1 aliphatic carbocycles. The second-order valence-electron chi connectivity index (χ2n) is 8.99. The zero-order valence-corrected chi connectivity index (χ0v) is 21.2. The fourth-order valence-electron chi connectivity index (χ4n) is 3.91. The van der Waals surface area contributed by atoms with Gasteiger partial charge in [-0.3, -0.25) is 0 Å². The Morgan fingerprint density at radius 3 is 2.76 bits per heavy atom. The van der Waals surface area contributed by atoms with Crippen molar-refractivity contribution in [2.45, 2.75) is 47.0 Å². The molecule has 0 fully saturated rings. The summed E-state index contributed by atoms with van der Waals surface area (Å²) in [6.45, 7) is 8.80. The van der Waals surface area contributed by atoms with Crippen molar-refractivity contribution in [1.82, 2.24) is 0 Å². The van der Waals surface area contributed by atoms with Crippen LogP contribution < -0.4 is 9.47 Å². The fourth-order valence-corrected chi connectivity index (χ4v) is 5.40. The van der Waals surface area contributed by atoms with Gasteiger partial charge in [0.25, 0.3) is 0 Å². The zero-order chi connectivity index (χ0) is 24.2. The smallest absolute Gasteiger partial charge is 0.343 e. The van der Waals surface area contributed by atoms with Gasteiger partial charge in [0.2, 0.25) is 0 Å². The number of nitrogens with zero attached hydrogens (tertiary/aromatic N) is 2. The van der Waals surface area contributed by atoms with E-state index in [1.54, 1.807) is 29.7 Å². The topological polar surface area (TPSA) is 80.9 Å². The second-order valence-corrected chi connectivity index (χ2v) is 10.5. The Balaban J connectivity index is 1.88. The molecule has 0 radical (unpaired) electrons. The number of ether oxygens (including phenoxy) is 3. The van der Waals surface area contributed by atoms with Gasteiger partial charge in [-0.2, -0.15) is 5.26 Å². The lowest BCUT2D eigenvalue weighted by molar-refractivity contribution is -0.142. The maximum absolute atomic E-state index is 11.4. The van der Waals surface area contributed by atoms with Crippen molar-refractivity contribution < 1.29 is 19.0 Å². The Morgan fingerprint density at radius 1 is 1.36 bits per heavy atom. The van der Waals surface area contributed by atoms with Crippen LogP contribution in [0.4, 0.5) is 5.00 Å². The van der Waals surface area contributed by atoms with Crippen molar-refractivity contribution in [2.75, 3.05) is 20.3 Å². The van der Waals surface area contributed by atoms with Crippen molar-refractivity contribution in [3.8, 4) is 17.6 Å². The van der Waals surface area contributed by atoms with Crippen LogP contribution in [0.2, 0.25) is 5.02 Å². The molecule has 1 atom stereocenters. The fraction of sp³-hybridized carbons (Fsp3) is 0.480. The highest BCUT2D eigenvalue weighted by atomic mass is 35.5. The van der Waals surface area contributed by atoms with Gasteiger partial charge in [0, 0.05) is 11.1 Å². The summed E-state index contributed by atoms with van der Waals surface area (Å²) in [6, 6.07) is 5.80. The zero-order valence-electron chi connectivity index (χ0n) is 19.7. The number of hydrogen-bond donors (Lipinski definition) is 0. The summed E-state index contributed by atoms with van der Waals surface area (Å²) in [5.74, 6) is 0.767. The highest BCUT2D eigenvalue weighted by molar-refractivity contribution is 7.16. The van der Waals surface area contributed by atoms with Crippen molar-refractivity contribution in [3.63, 3.8) is 0 Å². The normalized spacial score (nSPS) is 15.7.